The number of hydrogen-bond acceptors (Lipinski definition) is 5. The molecule has 0 fully saturated rings. The Morgan fingerprint density at radius 3 is 2.69 bits per heavy atom. The van der Waals surface area contributed by atoms with Crippen LogP contribution < -0.4 is 11.5 Å². The van der Waals surface area contributed by atoms with E-state index in [0.717, 1.165) is 0 Å². The molecule has 1 aromatic rings. The summed E-state index contributed by atoms with van der Waals surface area (Å²) in [5.41, 5.74) is 10.7. The first-order chi connectivity index (χ1) is 7.47. The SMILES string of the molecule is CCOC(=O)C(C)n1cc(N)c(C(N)=O)n1. The lowest BCUT2D eigenvalue weighted by Gasteiger charge is -2.10. The van der Waals surface area contributed by atoms with Crippen LogP contribution in [0.5, 0.6) is 0 Å². The molecule has 1 heterocycles. The van der Waals surface area contributed by atoms with Crippen molar-refractivity contribution < 1.29 is 14.3 Å². The Morgan fingerprint density at radius 1 is 1.62 bits per heavy atom. The lowest BCUT2D eigenvalue weighted by Crippen LogP contribution is -2.20. The normalized spacial score (nSPS) is 12.1. The fourth-order valence-corrected chi connectivity index (χ4v) is 1.17. The molecule has 1 rings (SSSR count). The number of anilines is 1. The third kappa shape index (κ3) is 2.30. The minimum atomic E-state index is -0.729. The molecule has 0 spiro atoms. The maximum absolute atomic E-state index is 11.4. The highest BCUT2D eigenvalue weighted by molar-refractivity contribution is 5.95. The van der Waals surface area contributed by atoms with E-state index in [9.17, 15) is 9.59 Å². The molecule has 0 bridgehead atoms. The average Bonchev–Trinajstić information content (AvgIpc) is 2.59. The second-order valence-corrected chi connectivity index (χ2v) is 3.21. The number of ether oxygens (including phenoxy) is 1. The number of hydrogen-bond donors (Lipinski definition) is 2. The van der Waals surface area contributed by atoms with Crippen molar-refractivity contribution in [3.63, 3.8) is 0 Å². The van der Waals surface area contributed by atoms with E-state index in [1.165, 1.54) is 10.9 Å². The molecule has 1 amide bonds. The number of rotatable bonds is 4. The molecule has 7 heteroatoms. The van der Waals surface area contributed by atoms with E-state index in [4.69, 9.17) is 16.2 Å². The zero-order valence-electron chi connectivity index (χ0n) is 9.14. The molecular weight excluding hydrogens is 212 g/mol. The van der Waals surface area contributed by atoms with Crippen molar-refractivity contribution in [2.24, 2.45) is 5.73 Å². The van der Waals surface area contributed by atoms with Crippen molar-refractivity contribution in [3.05, 3.63) is 11.9 Å². The Labute approximate surface area is 92.3 Å². The highest BCUT2D eigenvalue weighted by Crippen LogP contribution is 2.14. The molecule has 0 aliphatic heterocycles. The van der Waals surface area contributed by atoms with Crippen LogP contribution in [-0.2, 0) is 9.53 Å². The largest absolute Gasteiger partial charge is 0.464 e. The Kier molecular flexibility index (Phi) is 3.49. The zero-order valence-corrected chi connectivity index (χ0v) is 9.14. The van der Waals surface area contributed by atoms with E-state index < -0.39 is 17.9 Å². The number of esters is 1. The van der Waals surface area contributed by atoms with Crippen LogP contribution in [0, 0.1) is 0 Å². The summed E-state index contributed by atoms with van der Waals surface area (Å²) in [7, 11) is 0. The lowest BCUT2D eigenvalue weighted by atomic mass is 10.3. The van der Waals surface area contributed by atoms with Crippen LogP contribution in [0.3, 0.4) is 0 Å². The minimum Gasteiger partial charge on any atom is -0.464 e. The van der Waals surface area contributed by atoms with Gasteiger partial charge in [0.2, 0.25) is 0 Å². The van der Waals surface area contributed by atoms with Crippen LogP contribution in [0.1, 0.15) is 30.4 Å². The number of nitrogen functional groups attached to an aromatic ring is 1. The number of carbonyl (C=O) groups excluding carboxylic acids is 2. The second kappa shape index (κ2) is 4.65. The first-order valence-electron chi connectivity index (χ1n) is 4.78. The van der Waals surface area contributed by atoms with Gasteiger partial charge in [-0.1, -0.05) is 0 Å². The smallest absolute Gasteiger partial charge is 0.330 e. The van der Waals surface area contributed by atoms with E-state index in [2.05, 4.69) is 5.10 Å². The number of primary amides is 1. The van der Waals surface area contributed by atoms with Gasteiger partial charge in [-0.3, -0.25) is 9.48 Å². The number of nitrogens with two attached hydrogens (primary N) is 2. The maximum Gasteiger partial charge on any atom is 0.330 e. The molecular formula is C9H14N4O3. The first-order valence-corrected chi connectivity index (χ1v) is 4.78. The summed E-state index contributed by atoms with van der Waals surface area (Å²) < 4.78 is 6.07. The van der Waals surface area contributed by atoms with Gasteiger partial charge in [-0.05, 0) is 13.8 Å². The van der Waals surface area contributed by atoms with Gasteiger partial charge in [0.15, 0.2) is 5.69 Å². The van der Waals surface area contributed by atoms with Crippen molar-refractivity contribution in [1.29, 1.82) is 0 Å². The Bertz CT molecular complexity index is 413. The highest BCUT2D eigenvalue weighted by Gasteiger charge is 2.20. The lowest BCUT2D eigenvalue weighted by molar-refractivity contribution is -0.146. The predicted octanol–water partition coefficient (Wildman–Crippen LogP) is -0.312. The van der Waals surface area contributed by atoms with Crippen LogP contribution in [-0.4, -0.2) is 28.3 Å². The van der Waals surface area contributed by atoms with Gasteiger partial charge in [0.05, 0.1) is 12.3 Å². The average molecular weight is 226 g/mol. The van der Waals surface area contributed by atoms with Crippen LogP contribution in [0.2, 0.25) is 0 Å². The summed E-state index contributed by atoms with van der Waals surface area (Å²) in [5.74, 6) is -1.17. The maximum atomic E-state index is 11.4. The molecule has 0 aliphatic rings. The molecule has 88 valence electrons. The number of aromatic nitrogens is 2. The molecule has 0 radical (unpaired) electrons. The second-order valence-electron chi connectivity index (χ2n) is 3.21. The van der Waals surface area contributed by atoms with Crippen LogP contribution >= 0.6 is 0 Å². The third-order valence-electron chi connectivity index (χ3n) is 2.02. The van der Waals surface area contributed by atoms with Gasteiger partial charge in [0.1, 0.15) is 6.04 Å². The summed E-state index contributed by atoms with van der Waals surface area (Å²) in [6.45, 7) is 3.58. The topological polar surface area (TPSA) is 113 Å². The first kappa shape index (κ1) is 12.0. The molecule has 1 unspecified atom stereocenters. The molecule has 1 atom stereocenters. The quantitative estimate of drug-likeness (QED) is 0.683. The molecule has 4 N–H and O–H groups in total. The van der Waals surface area contributed by atoms with E-state index in [0.29, 0.717) is 0 Å². The van der Waals surface area contributed by atoms with Crippen LogP contribution in [0.4, 0.5) is 5.69 Å². The van der Waals surface area contributed by atoms with E-state index in [-0.39, 0.29) is 18.0 Å². The van der Waals surface area contributed by atoms with Gasteiger partial charge in [0, 0.05) is 6.20 Å². The van der Waals surface area contributed by atoms with Crippen molar-refractivity contribution in [2.45, 2.75) is 19.9 Å². The van der Waals surface area contributed by atoms with Crippen molar-refractivity contribution in [3.8, 4) is 0 Å². The summed E-state index contributed by atoms with van der Waals surface area (Å²) in [5, 5.41) is 3.83. The Hall–Kier alpha value is -2.05. The Morgan fingerprint density at radius 2 is 2.25 bits per heavy atom. The van der Waals surface area contributed by atoms with Crippen molar-refractivity contribution >= 4 is 17.6 Å². The van der Waals surface area contributed by atoms with E-state index >= 15 is 0 Å². The van der Waals surface area contributed by atoms with Gasteiger partial charge >= 0.3 is 5.97 Å². The fraction of sp³-hybridized carbons (Fsp3) is 0.444. The number of carbonyl (C=O) groups is 2. The van der Waals surface area contributed by atoms with Gasteiger partial charge in [0.25, 0.3) is 5.91 Å². The van der Waals surface area contributed by atoms with Crippen molar-refractivity contribution in [2.75, 3.05) is 12.3 Å². The molecule has 1 aromatic heterocycles. The molecule has 16 heavy (non-hydrogen) atoms. The minimum absolute atomic E-state index is 0.0452. The molecule has 7 nitrogen and oxygen atoms in total. The fourth-order valence-electron chi connectivity index (χ4n) is 1.17. The van der Waals surface area contributed by atoms with Crippen LogP contribution in [0.15, 0.2) is 6.20 Å². The Balaban J connectivity index is 2.92. The van der Waals surface area contributed by atoms with Crippen molar-refractivity contribution in [1.82, 2.24) is 9.78 Å². The molecule has 0 aromatic carbocycles. The third-order valence-corrected chi connectivity index (χ3v) is 2.02. The van der Waals surface area contributed by atoms with Gasteiger partial charge < -0.3 is 16.2 Å². The van der Waals surface area contributed by atoms with E-state index in [1.54, 1.807) is 13.8 Å². The summed E-state index contributed by atoms with van der Waals surface area (Å²) in [6, 6.07) is -0.643. The molecule has 0 saturated heterocycles. The van der Waals surface area contributed by atoms with Gasteiger partial charge in [-0.25, -0.2) is 4.79 Å². The summed E-state index contributed by atoms with van der Waals surface area (Å²) in [4.78, 5) is 22.3. The number of nitrogens with zero attached hydrogens (tertiary/aromatic N) is 2. The standard InChI is InChI=1S/C9H14N4O3/c1-3-16-9(15)5(2)13-4-6(10)7(12-13)8(11)14/h4-5H,3,10H2,1-2H3,(H2,11,14). The number of amides is 1. The predicted molar refractivity (Wildman–Crippen MR) is 56.5 cm³/mol. The zero-order chi connectivity index (χ0) is 12.3. The van der Waals surface area contributed by atoms with Gasteiger partial charge in [-0.15, -0.1) is 0 Å². The molecule has 0 saturated carbocycles. The molecule has 0 aliphatic carbocycles. The van der Waals surface area contributed by atoms with Gasteiger partial charge in [-0.2, -0.15) is 5.10 Å². The summed E-state index contributed by atoms with van der Waals surface area (Å²) >= 11 is 0. The van der Waals surface area contributed by atoms with Crippen LogP contribution in [0.25, 0.3) is 0 Å². The highest BCUT2D eigenvalue weighted by atomic mass is 16.5. The monoisotopic (exact) mass is 226 g/mol. The van der Waals surface area contributed by atoms with E-state index in [1.807, 2.05) is 0 Å². The summed E-state index contributed by atoms with van der Waals surface area (Å²) in [6.07, 6.45) is 1.38.